The van der Waals surface area contributed by atoms with Gasteiger partial charge in [-0.1, -0.05) is 22.6 Å². The standard InChI is InChI=1S/C4H8IN/c1-6-2-4(5)3-6/h4H,2-3H2,1H3. The van der Waals surface area contributed by atoms with Gasteiger partial charge in [-0.15, -0.1) is 0 Å². The molecule has 1 fully saturated rings. The molecule has 0 amide bonds. The van der Waals surface area contributed by atoms with Crippen LogP contribution in [-0.2, 0) is 0 Å². The van der Waals surface area contributed by atoms with Gasteiger partial charge in [-0.2, -0.15) is 0 Å². The SMILES string of the molecule is CN1CC(I)C1. The van der Waals surface area contributed by atoms with Crippen LogP contribution >= 0.6 is 22.6 Å². The summed E-state index contributed by atoms with van der Waals surface area (Å²) in [6.45, 7) is 2.58. The molecule has 0 atom stereocenters. The predicted molar refractivity (Wildman–Crippen MR) is 35.3 cm³/mol. The maximum Gasteiger partial charge on any atom is 0.0364 e. The molecule has 0 radical (unpaired) electrons. The lowest BCUT2D eigenvalue weighted by molar-refractivity contribution is 0.248. The summed E-state index contributed by atoms with van der Waals surface area (Å²) in [7, 11) is 2.15. The molecule has 0 aromatic rings. The Bertz CT molecular complexity index is 43.5. The van der Waals surface area contributed by atoms with E-state index in [4.69, 9.17) is 0 Å². The summed E-state index contributed by atoms with van der Waals surface area (Å²) in [5.74, 6) is 0. The fourth-order valence-electron chi connectivity index (χ4n) is 0.623. The van der Waals surface area contributed by atoms with E-state index in [9.17, 15) is 0 Å². The fraction of sp³-hybridized carbons (Fsp3) is 1.00. The fourth-order valence-corrected chi connectivity index (χ4v) is 1.97. The van der Waals surface area contributed by atoms with Crippen LogP contribution in [0.15, 0.2) is 0 Å². The summed E-state index contributed by atoms with van der Waals surface area (Å²) in [6, 6.07) is 0. The van der Waals surface area contributed by atoms with Crippen LogP contribution < -0.4 is 0 Å². The van der Waals surface area contributed by atoms with E-state index in [0.29, 0.717) is 0 Å². The largest absolute Gasteiger partial charge is 0.304 e. The maximum atomic E-state index is 2.47. The molecule has 1 aliphatic heterocycles. The van der Waals surface area contributed by atoms with Crippen LogP contribution in [0.2, 0.25) is 0 Å². The van der Waals surface area contributed by atoms with Crippen molar-refractivity contribution in [2.45, 2.75) is 3.92 Å². The Morgan fingerprint density at radius 1 is 1.67 bits per heavy atom. The normalized spacial score (nSPS) is 27.0. The second-order valence-electron chi connectivity index (χ2n) is 1.82. The molecule has 0 saturated carbocycles. The van der Waals surface area contributed by atoms with Gasteiger partial charge in [0.1, 0.15) is 0 Å². The van der Waals surface area contributed by atoms with Crippen molar-refractivity contribution in [3.8, 4) is 0 Å². The summed E-state index contributed by atoms with van der Waals surface area (Å²) >= 11 is 2.47. The van der Waals surface area contributed by atoms with Crippen LogP contribution in [0, 0.1) is 0 Å². The molecule has 0 aromatic heterocycles. The zero-order valence-corrected chi connectivity index (χ0v) is 5.97. The third-order valence-corrected chi connectivity index (χ3v) is 1.81. The molecule has 0 aliphatic carbocycles. The quantitative estimate of drug-likeness (QED) is 0.408. The van der Waals surface area contributed by atoms with Gasteiger partial charge in [-0.25, -0.2) is 0 Å². The maximum absolute atomic E-state index is 2.47. The van der Waals surface area contributed by atoms with E-state index in [1.807, 2.05) is 0 Å². The smallest absolute Gasteiger partial charge is 0.0364 e. The first-order chi connectivity index (χ1) is 2.79. The molecule has 1 aliphatic rings. The summed E-state index contributed by atoms with van der Waals surface area (Å²) < 4.78 is 0.938. The van der Waals surface area contributed by atoms with Gasteiger partial charge in [0.05, 0.1) is 0 Å². The Morgan fingerprint density at radius 2 is 2.17 bits per heavy atom. The zero-order valence-electron chi connectivity index (χ0n) is 3.82. The first-order valence-corrected chi connectivity index (χ1v) is 3.36. The lowest BCUT2D eigenvalue weighted by Crippen LogP contribution is -2.44. The molecule has 1 nitrogen and oxygen atoms in total. The van der Waals surface area contributed by atoms with Gasteiger partial charge in [0.25, 0.3) is 0 Å². The number of alkyl halides is 1. The number of nitrogens with zero attached hydrogens (tertiary/aromatic N) is 1. The van der Waals surface area contributed by atoms with E-state index < -0.39 is 0 Å². The molecule has 1 heterocycles. The van der Waals surface area contributed by atoms with Crippen molar-refractivity contribution < 1.29 is 0 Å². The van der Waals surface area contributed by atoms with Crippen molar-refractivity contribution in [2.24, 2.45) is 0 Å². The predicted octanol–water partition coefficient (Wildman–Crippen LogP) is 0.735. The number of hydrogen-bond acceptors (Lipinski definition) is 1. The van der Waals surface area contributed by atoms with Crippen LogP contribution in [0.4, 0.5) is 0 Å². The van der Waals surface area contributed by atoms with Crippen molar-refractivity contribution in [3.63, 3.8) is 0 Å². The minimum atomic E-state index is 0.938. The van der Waals surface area contributed by atoms with Crippen LogP contribution in [0.25, 0.3) is 0 Å². The lowest BCUT2D eigenvalue weighted by Gasteiger charge is -2.31. The van der Waals surface area contributed by atoms with E-state index in [2.05, 4.69) is 34.5 Å². The van der Waals surface area contributed by atoms with Gasteiger partial charge in [0.15, 0.2) is 0 Å². The van der Waals surface area contributed by atoms with Gasteiger partial charge in [-0.05, 0) is 7.05 Å². The Hall–Kier alpha value is 0.690. The van der Waals surface area contributed by atoms with Crippen molar-refractivity contribution in [1.29, 1.82) is 0 Å². The van der Waals surface area contributed by atoms with Crippen molar-refractivity contribution >= 4 is 22.6 Å². The average molecular weight is 197 g/mol. The van der Waals surface area contributed by atoms with E-state index in [1.165, 1.54) is 13.1 Å². The highest BCUT2D eigenvalue weighted by molar-refractivity contribution is 14.1. The molecule has 2 heteroatoms. The van der Waals surface area contributed by atoms with Crippen LogP contribution in [0.5, 0.6) is 0 Å². The number of likely N-dealkylation sites (tertiary alicyclic amines) is 1. The van der Waals surface area contributed by atoms with Crippen LogP contribution in [-0.4, -0.2) is 29.0 Å². The van der Waals surface area contributed by atoms with Gasteiger partial charge in [-0.3, -0.25) is 0 Å². The van der Waals surface area contributed by atoms with Crippen molar-refractivity contribution in [3.05, 3.63) is 0 Å². The Kier molecular flexibility index (Phi) is 1.34. The number of hydrogen-bond donors (Lipinski definition) is 0. The second-order valence-corrected chi connectivity index (χ2v) is 3.58. The molecule has 1 saturated heterocycles. The van der Waals surface area contributed by atoms with Gasteiger partial charge < -0.3 is 4.90 Å². The Labute approximate surface area is 51.8 Å². The van der Waals surface area contributed by atoms with Gasteiger partial charge in [0.2, 0.25) is 0 Å². The zero-order chi connectivity index (χ0) is 4.57. The summed E-state index contributed by atoms with van der Waals surface area (Å²) in [5.41, 5.74) is 0. The van der Waals surface area contributed by atoms with Gasteiger partial charge >= 0.3 is 0 Å². The third-order valence-electron chi connectivity index (χ3n) is 1.02. The highest BCUT2D eigenvalue weighted by Crippen LogP contribution is 2.12. The monoisotopic (exact) mass is 197 g/mol. The summed E-state index contributed by atoms with van der Waals surface area (Å²) in [5, 5.41) is 0. The lowest BCUT2D eigenvalue weighted by atomic mass is 10.2. The molecule has 0 aromatic carbocycles. The van der Waals surface area contributed by atoms with E-state index in [1.54, 1.807) is 0 Å². The molecule has 1 rings (SSSR count). The first-order valence-electron chi connectivity index (χ1n) is 2.11. The second kappa shape index (κ2) is 1.66. The Balaban J connectivity index is 2.11. The topological polar surface area (TPSA) is 3.24 Å². The Morgan fingerprint density at radius 3 is 2.17 bits per heavy atom. The van der Waals surface area contributed by atoms with Crippen molar-refractivity contribution in [2.75, 3.05) is 20.1 Å². The molecule has 36 valence electrons. The van der Waals surface area contributed by atoms with E-state index >= 15 is 0 Å². The highest BCUT2D eigenvalue weighted by atomic mass is 127. The summed E-state index contributed by atoms with van der Waals surface area (Å²) in [4.78, 5) is 2.32. The molecule has 0 spiro atoms. The minimum Gasteiger partial charge on any atom is -0.304 e. The van der Waals surface area contributed by atoms with Crippen LogP contribution in [0.1, 0.15) is 0 Å². The molecular formula is C4H8IN. The van der Waals surface area contributed by atoms with Crippen molar-refractivity contribution in [1.82, 2.24) is 4.90 Å². The van der Waals surface area contributed by atoms with E-state index in [-0.39, 0.29) is 0 Å². The van der Waals surface area contributed by atoms with Gasteiger partial charge in [0, 0.05) is 17.0 Å². The number of halogens is 1. The third kappa shape index (κ3) is 0.846. The number of rotatable bonds is 0. The first kappa shape index (κ1) is 4.84. The molecule has 6 heavy (non-hydrogen) atoms. The molecular weight excluding hydrogens is 189 g/mol. The van der Waals surface area contributed by atoms with E-state index in [0.717, 1.165) is 3.92 Å². The molecule has 0 N–H and O–H groups in total. The molecule has 0 bridgehead atoms. The molecule has 0 unspecified atom stereocenters. The summed E-state index contributed by atoms with van der Waals surface area (Å²) in [6.07, 6.45) is 0. The highest BCUT2D eigenvalue weighted by Gasteiger charge is 2.18. The average Bonchev–Trinajstić information content (AvgIpc) is 1.33. The minimum absolute atomic E-state index is 0.938. The van der Waals surface area contributed by atoms with Crippen LogP contribution in [0.3, 0.4) is 0 Å².